The SMILES string of the molecule is CC1(C)O[C@H]2[C@@H]3OS(=O)(=O)O[C@@H]3CO[C@@]2(COS(=O)(=O)NCc2ccccc2)O1. The van der Waals surface area contributed by atoms with Gasteiger partial charge in [0.1, 0.15) is 24.9 Å². The van der Waals surface area contributed by atoms with Crippen LogP contribution in [0.15, 0.2) is 30.3 Å². The summed E-state index contributed by atoms with van der Waals surface area (Å²) in [6.07, 6.45) is -3.07. The lowest BCUT2D eigenvalue weighted by Crippen LogP contribution is -2.60. The van der Waals surface area contributed by atoms with Crippen molar-refractivity contribution < 1.29 is 43.6 Å². The van der Waals surface area contributed by atoms with Crippen molar-refractivity contribution in [2.45, 2.75) is 50.3 Å². The smallest absolute Gasteiger partial charge is 0.343 e. The van der Waals surface area contributed by atoms with Gasteiger partial charge in [0.15, 0.2) is 5.79 Å². The largest absolute Gasteiger partial charge is 0.400 e. The van der Waals surface area contributed by atoms with E-state index in [4.69, 9.17) is 26.8 Å². The molecule has 0 radical (unpaired) electrons. The molecule has 4 rings (SSSR count). The van der Waals surface area contributed by atoms with Crippen molar-refractivity contribution in [1.29, 1.82) is 0 Å². The summed E-state index contributed by atoms with van der Waals surface area (Å²) >= 11 is 0. The minimum atomic E-state index is -4.20. The fourth-order valence-electron chi connectivity index (χ4n) is 3.46. The number of rotatable bonds is 6. The maximum atomic E-state index is 12.3. The van der Waals surface area contributed by atoms with E-state index in [-0.39, 0.29) is 13.2 Å². The second kappa shape index (κ2) is 7.21. The third-order valence-electron chi connectivity index (χ3n) is 4.60. The Labute approximate surface area is 168 Å². The Hall–Kier alpha value is -1.16. The maximum absolute atomic E-state index is 12.3. The van der Waals surface area contributed by atoms with Gasteiger partial charge < -0.3 is 14.2 Å². The van der Waals surface area contributed by atoms with E-state index in [1.165, 1.54) is 0 Å². The third-order valence-corrected chi connectivity index (χ3v) is 6.47. The molecule has 0 amide bonds. The average molecular weight is 451 g/mol. The summed E-state index contributed by atoms with van der Waals surface area (Å²) in [5, 5.41) is 0. The van der Waals surface area contributed by atoms with Gasteiger partial charge in [-0.1, -0.05) is 30.3 Å². The number of hydrogen-bond acceptors (Lipinski definition) is 10. The van der Waals surface area contributed by atoms with Crippen molar-refractivity contribution in [3.05, 3.63) is 35.9 Å². The van der Waals surface area contributed by atoms with Crippen LogP contribution in [-0.4, -0.2) is 59.9 Å². The van der Waals surface area contributed by atoms with E-state index in [1.54, 1.807) is 38.1 Å². The Bertz CT molecular complexity index is 965. The van der Waals surface area contributed by atoms with E-state index in [0.29, 0.717) is 0 Å². The Morgan fingerprint density at radius 1 is 1.21 bits per heavy atom. The van der Waals surface area contributed by atoms with Crippen LogP contribution in [-0.2, 0) is 54.0 Å². The number of nitrogens with one attached hydrogen (secondary N) is 1. The summed E-state index contributed by atoms with van der Waals surface area (Å²) in [5.74, 6) is -2.88. The molecule has 0 aromatic heterocycles. The van der Waals surface area contributed by atoms with E-state index < -0.39 is 57.2 Å². The lowest BCUT2D eigenvalue weighted by atomic mass is 9.98. The van der Waals surface area contributed by atoms with Crippen LogP contribution < -0.4 is 4.72 Å². The fraction of sp³-hybridized carbons (Fsp3) is 0.625. The molecular weight excluding hydrogens is 430 g/mol. The van der Waals surface area contributed by atoms with E-state index >= 15 is 0 Å². The molecule has 0 unspecified atom stereocenters. The predicted octanol–water partition coefficient (Wildman–Crippen LogP) is -0.0556. The van der Waals surface area contributed by atoms with Crippen molar-refractivity contribution in [2.24, 2.45) is 0 Å². The zero-order valence-electron chi connectivity index (χ0n) is 15.6. The highest BCUT2D eigenvalue weighted by Crippen LogP contribution is 2.46. The van der Waals surface area contributed by atoms with Crippen LogP contribution in [0.3, 0.4) is 0 Å². The molecular formula is C16H21NO10S2. The maximum Gasteiger partial charge on any atom is 0.400 e. The Kier molecular flexibility index (Phi) is 5.25. The zero-order chi connectivity index (χ0) is 20.9. The third kappa shape index (κ3) is 4.47. The molecule has 1 N–H and O–H groups in total. The molecule has 3 fully saturated rings. The van der Waals surface area contributed by atoms with Gasteiger partial charge in [-0.15, -0.1) is 0 Å². The van der Waals surface area contributed by atoms with Crippen LogP contribution in [0.25, 0.3) is 0 Å². The van der Waals surface area contributed by atoms with Gasteiger partial charge in [-0.05, 0) is 19.4 Å². The Balaban J connectivity index is 1.47. The molecule has 162 valence electrons. The number of fused-ring (bicyclic) bond motifs is 3. The summed E-state index contributed by atoms with van der Waals surface area (Å²) in [6.45, 7) is 2.41. The molecule has 0 saturated carbocycles. The summed E-state index contributed by atoms with van der Waals surface area (Å²) in [7, 11) is -8.36. The molecule has 29 heavy (non-hydrogen) atoms. The summed E-state index contributed by atoms with van der Waals surface area (Å²) in [5.41, 5.74) is 0.746. The topological polar surface area (TPSA) is 136 Å². The van der Waals surface area contributed by atoms with Gasteiger partial charge in [0.25, 0.3) is 0 Å². The van der Waals surface area contributed by atoms with Crippen LogP contribution in [0, 0.1) is 0 Å². The van der Waals surface area contributed by atoms with Crippen LogP contribution in [0.1, 0.15) is 19.4 Å². The average Bonchev–Trinajstić information content (AvgIpc) is 3.11. The van der Waals surface area contributed by atoms with Crippen molar-refractivity contribution in [1.82, 2.24) is 4.72 Å². The molecule has 0 bridgehead atoms. The Morgan fingerprint density at radius 3 is 2.66 bits per heavy atom. The van der Waals surface area contributed by atoms with E-state index in [2.05, 4.69) is 4.72 Å². The summed E-state index contributed by atoms with van der Waals surface area (Å²) in [4.78, 5) is 0. The zero-order valence-corrected chi connectivity index (χ0v) is 17.3. The first-order valence-corrected chi connectivity index (χ1v) is 11.5. The van der Waals surface area contributed by atoms with Crippen molar-refractivity contribution >= 4 is 20.7 Å². The van der Waals surface area contributed by atoms with E-state index in [1.807, 2.05) is 6.07 Å². The van der Waals surface area contributed by atoms with E-state index in [9.17, 15) is 16.8 Å². The first-order chi connectivity index (χ1) is 13.5. The minimum absolute atomic E-state index is 0.0310. The van der Waals surface area contributed by atoms with Crippen LogP contribution in [0.4, 0.5) is 0 Å². The van der Waals surface area contributed by atoms with E-state index in [0.717, 1.165) is 5.56 Å². The van der Waals surface area contributed by atoms with Crippen molar-refractivity contribution in [3.8, 4) is 0 Å². The molecule has 3 heterocycles. The number of hydrogen-bond donors (Lipinski definition) is 1. The second-order valence-corrected chi connectivity index (χ2v) is 9.92. The Morgan fingerprint density at radius 2 is 1.93 bits per heavy atom. The molecule has 13 heteroatoms. The number of ether oxygens (including phenoxy) is 3. The minimum Gasteiger partial charge on any atom is -0.343 e. The molecule has 1 aromatic carbocycles. The molecule has 3 aliphatic heterocycles. The van der Waals surface area contributed by atoms with Gasteiger partial charge in [-0.25, -0.2) is 8.37 Å². The number of benzene rings is 1. The van der Waals surface area contributed by atoms with Crippen LogP contribution >= 0.6 is 0 Å². The normalized spacial score (nSPS) is 35.2. The quantitative estimate of drug-likeness (QED) is 0.627. The van der Waals surface area contributed by atoms with Gasteiger partial charge in [0, 0.05) is 6.54 Å². The van der Waals surface area contributed by atoms with Gasteiger partial charge in [0.2, 0.25) is 5.79 Å². The molecule has 1 aromatic rings. The first-order valence-electron chi connectivity index (χ1n) is 8.81. The first kappa shape index (κ1) is 21.1. The van der Waals surface area contributed by atoms with Gasteiger partial charge >= 0.3 is 20.7 Å². The molecule has 3 aliphatic rings. The molecule has 11 nitrogen and oxygen atoms in total. The second-order valence-electron chi connectivity index (χ2n) is 7.29. The van der Waals surface area contributed by atoms with Crippen molar-refractivity contribution in [3.63, 3.8) is 0 Å². The molecule has 3 saturated heterocycles. The standard InChI is InChI=1S/C16H21NO10S2/c1-15(2)24-14-13-12(25-29(20,21)26-13)9-22-16(14,27-15)10-23-28(18,19)17-8-11-6-4-3-5-7-11/h3-7,12-14,17H,8-10H2,1-2H3/t12-,13-,14+,16+/m1/s1. The summed E-state index contributed by atoms with van der Waals surface area (Å²) in [6, 6.07) is 8.90. The van der Waals surface area contributed by atoms with Crippen LogP contribution in [0.5, 0.6) is 0 Å². The van der Waals surface area contributed by atoms with Gasteiger partial charge in [-0.2, -0.15) is 21.6 Å². The monoisotopic (exact) mass is 451 g/mol. The molecule has 4 atom stereocenters. The van der Waals surface area contributed by atoms with Gasteiger partial charge in [0.05, 0.1) is 6.61 Å². The molecule has 0 spiro atoms. The summed E-state index contributed by atoms with van der Waals surface area (Å²) < 4.78 is 82.3. The lowest BCUT2D eigenvalue weighted by molar-refractivity contribution is -0.290. The van der Waals surface area contributed by atoms with Crippen LogP contribution in [0.2, 0.25) is 0 Å². The highest BCUT2D eigenvalue weighted by Gasteiger charge is 2.66. The van der Waals surface area contributed by atoms with Gasteiger partial charge in [-0.3, -0.25) is 4.18 Å². The fourth-order valence-corrected chi connectivity index (χ4v) is 5.22. The van der Waals surface area contributed by atoms with Crippen molar-refractivity contribution in [2.75, 3.05) is 13.2 Å². The predicted molar refractivity (Wildman–Crippen MR) is 95.5 cm³/mol. The molecule has 0 aliphatic carbocycles. The highest BCUT2D eigenvalue weighted by atomic mass is 32.3. The lowest BCUT2D eigenvalue weighted by Gasteiger charge is -2.39. The highest BCUT2D eigenvalue weighted by molar-refractivity contribution is 7.84.